The van der Waals surface area contributed by atoms with Crippen LogP contribution >= 0.6 is 0 Å². The number of nitrogens with two attached hydrogens (primary N) is 1. The van der Waals surface area contributed by atoms with Gasteiger partial charge in [-0.05, 0) is 24.7 Å². The van der Waals surface area contributed by atoms with Crippen molar-refractivity contribution in [2.24, 2.45) is 23.5 Å². The van der Waals surface area contributed by atoms with E-state index < -0.39 is 30.2 Å². The van der Waals surface area contributed by atoms with Crippen LogP contribution in [0, 0.1) is 17.8 Å². The molecule has 0 aliphatic heterocycles. The standard InChI is InChI=1S/C12H19F6N/c1-2-7-3-5-8(6-4-7)9(19)10(11(13,14)15)12(16,17)18/h7-10H,2-6,19H2,1H3. The molecule has 0 aromatic rings. The Kier molecular flexibility index (Phi) is 5.15. The monoisotopic (exact) mass is 291 g/mol. The third-order valence-electron chi connectivity index (χ3n) is 4.10. The summed E-state index contributed by atoms with van der Waals surface area (Å²) in [5.74, 6) is -3.71. The van der Waals surface area contributed by atoms with Gasteiger partial charge in [0.15, 0.2) is 5.92 Å². The molecule has 114 valence electrons. The minimum atomic E-state index is -5.33. The fraction of sp³-hybridized carbons (Fsp3) is 1.00. The average molecular weight is 291 g/mol. The van der Waals surface area contributed by atoms with E-state index in [-0.39, 0.29) is 0 Å². The fourth-order valence-corrected chi connectivity index (χ4v) is 2.88. The highest BCUT2D eigenvalue weighted by Crippen LogP contribution is 2.45. The third kappa shape index (κ3) is 4.26. The van der Waals surface area contributed by atoms with Gasteiger partial charge in [-0.3, -0.25) is 0 Å². The van der Waals surface area contributed by atoms with Crippen molar-refractivity contribution in [2.75, 3.05) is 0 Å². The molecular weight excluding hydrogens is 272 g/mol. The summed E-state index contributed by atoms with van der Waals surface area (Å²) in [5, 5.41) is 0. The molecule has 0 aromatic carbocycles. The van der Waals surface area contributed by atoms with Crippen molar-refractivity contribution in [3.05, 3.63) is 0 Å². The van der Waals surface area contributed by atoms with Crippen LogP contribution in [-0.4, -0.2) is 18.4 Å². The SMILES string of the molecule is CCC1CCC(C(N)C(C(F)(F)F)C(F)(F)F)CC1. The Bertz CT molecular complexity index is 263. The first-order chi connectivity index (χ1) is 8.57. The van der Waals surface area contributed by atoms with Gasteiger partial charge in [0.05, 0.1) is 0 Å². The van der Waals surface area contributed by atoms with E-state index in [1.807, 2.05) is 6.92 Å². The molecule has 0 bridgehead atoms. The molecule has 1 nitrogen and oxygen atoms in total. The van der Waals surface area contributed by atoms with Crippen LogP contribution in [-0.2, 0) is 0 Å². The quantitative estimate of drug-likeness (QED) is 0.772. The van der Waals surface area contributed by atoms with Gasteiger partial charge in [0.25, 0.3) is 0 Å². The minimum Gasteiger partial charge on any atom is -0.327 e. The van der Waals surface area contributed by atoms with E-state index >= 15 is 0 Å². The lowest BCUT2D eigenvalue weighted by Crippen LogP contribution is -2.52. The zero-order chi connectivity index (χ0) is 14.8. The number of hydrogen-bond donors (Lipinski definition) is 1. The van der Waals surface area contributed by atoms with E-state index in [9.17, 15) is 26.3 Å². The Morgan fingerprint density at radius 3 is 1.68 bits per heavy atom. The second-order valence-electron chi connectivity index (χ2n) is 5.33. The molecule has 0 heterocycles. The van der Waals surface area contributed by atoms with Crippen LogP contribution in [0.2, 0.25) is 0 Å². The first-order valence-electron chi connectivity index (χ1n) is 6.46. The van der Waals surface area contributed by atoms with E-state index in [0.717, 1.165) is 6.42 Å². The van der Waals surface area contributed by atoms with Crippen molar-refractivity contribution in [3.8, 4) is 0 Å². The summed E-state index contributed by atoms with van der Waals surface area (Å²) in [4.78, 5) is 0. The predicted octanol–water partition coefficient (Wildman–Crippen LogP) is 4.27. The highest BCUT2D eigenvalue weighted by Gasteiger charge is 2.60. The van der Waals surface area contributed by atoms with Crippen molar-refractivity contribution < 1.29 is 26.3 Å². The molecule has 19 heavy (non-hydrogen) atoms. The second kappa shape index (κ2) is 5.89. The van der Waals surface area contributed by atoms with Crippen molar-refractivity contribution in [1.29, 1.82) is 0 Å². The molecule has 1 aliphatic carbocycles. The van der Waals surface area contributed by atoms with Crippen LogP contribution in [0.25, 0.3) is 0 Å². The van der Waals surface area contributed by atoms with Gasteiger partial charge in [0.1, 0.15) is 0 Å². The molecule has 1 rings (SSSR count). The third-order valence-corrected chi connectivity index (χ3v) is 4.10. The fourth-order valence-electron chi connectivity index (χ4n) is 2.88. The molecule has 0 radical (unpaired) electrons. The summed E-state index contributed by atoms with van der Waals surface area (Å²) < 4.78 is 75.4. The van der Waals surface area contributed by atoms with E-state index in [2.05, 4.69) is 0 Å². The maximum Gasteiger partial charge on any atom is 0.402 e. The van der Waals surface area contributed by atoms with Crippen LogP contribution < -0.4 is 5.73 Å². The van der Waals surface area contributed by atoms with Crippen LogP contribution in [0.1, 0.15) is 39.0 Å². The van der Waals surface area contributed by atoms with Crippen LogP contribution in [0.15, 0.2) is 0 Å². The van der Waals surface area contributed by atoms with Gasteiger partial charge in [0, 0.05) is 6.04 Å². The van der Waals surface area contributed by atoms with E-state index in [4.69, 9.17) is 5.73 Å². The largest absolute Gasteiger partial charge is 0.402 e. The Balaban J connectivity index is 2.76. The molecular formula is C12H19F6N. The predicted molar refractivity (Wildman–Crippen MR) is 59.3 cm³/mol. The zero-order valence-electron chi connectivity index (χ0n) is 10.7. The van der Waals surface area contributed by atoms with Crippen molar-refractivity contribution in [2.45, 2.75) is 57.4 Å². The van der Waals surface area contributed by atoms with E-state index in [0.29, 0.717) is 31.6 Å². The maximum absolute atomic E-state index is 12.6. The maximum atomic E-state index is 12.6. The molecule has 0 amide bonds. The smallest absolute Gasteiger partial charge is 0.327 e. The number of hydrogen-bond acceptors (Lipinski definition) is 1. The summed E-state index contributed by atoms with van der Waals surface area (Å²) >= 11 is 0. The summed E-state index contributed by atoms with van der Waals surface area (Å²) in [5.41, 5.74) is 5.31. The topological polar surface area (TPSA) is 26.0 Å². The number of rotatable bonds is 3. The normalized spacial score (nSPS) is 27.6. The number of alkyl halides is 6. The van der Waals surface area contributed by atoms with Crippen molar-refractivity contribution >= 4 is 0 Å². The average Bonchev–Trinajstić information content (AvgIpc) is 2.25. The molecule has 2 N–H and O–H groups in total. The summed E-state index contributed by atoms with van der Waals surface area (Å²) in [7, 11) is 0. The van der Waals surface area contributed by atoms with Gasteiger partial charge in [-0.1, -0.05) is 26.2 Å². The van der Waals surface area contributed by atoms with Gasteiger partial charge in [-0.15, -0.1) is 0 Å². The second-order valence-corrected chi connectivity index (χ2v) is 5.33. The molecule has 1 atom stereocenters. The van der Waals surface area contributed by atoms with Gasteiger partial charge in [-0.2, -0.15) is 26.3 Å². The van der Waals surface area contributed by atoms with E-state index in [1.54, 1.807) is 0 Å². The zero-order valence-corrected chi connectivity index (χ0v) is 10.7. The number of halogens is 6. The lowest BCUT2D eigenvalue weighted by Gasteiger charge is -2.37. The first kappa shape index (κ1) is 16.6. The Hall–Kier alpha value is -0.460. The summed E-state index contributed by atoms with van der Waals surface area (Å²) in [6.07, 6.45) is -7.73. The molecule has 1 fully saturated rings. The Morgan fingerprint density at radius 2 is 1.37 bits per heavy atom. The molecule has 7 heteroatoms. The van der Waals surface area contributed by atoms with Crippen molar-refractivity contribution in [3.63, 3.8) is 0 Å². The molecule has 0 spiro atoms. The van der Waals surface area contributed by atoms with Crippen LogP contribution in [0.5, 0.6) is 0 Å². The highest BCUT2D eigenvalue weighted by molar-refractivity contribution is 4.91. The Morgan fingerprint density at radius 1 is 0.947 bits per heavy atom. The van der Waals surface area contributed by atoms with Crippen LogP contribution in [0.3, 0.4) is 0 Å². The molecule has 0 aromatic heterocycles. The Labute approximate surface area is 108 Å². The molecule has 0 saturated heterocycles. The van der Waals surface area contributed by atoms with Gasteiger partial charge in [-0.25, -0.2) is 0 Å². The van der Waals surface area contributed by atoms with Gasteiger partial charge in [0.2, 0.25) is 0 Å². The molecule has 1 unspecified atom stereocenters. The van der Waals surface area contributed by atoms with Crippen LogP contribution in [0.4, 0.5) is 26.3 Å². The molecule has 1 saturated carbocycles. The highest BCUT2D eigenvalue weighted by atomic mass is 19.4. The minimum absolute atomic E-state index is 0.350. The lowest BCUT2D eigenvalue weighted by atomic mass is 9.74. The summed E-state index contributed by atoms with van der Waals surface area (Å²) in [6, 6.07) is -1.89. The van der Waals surface area contributed by atoms with Crippen molar-refractivity contribution in [1.82, 2.24) is 0 Å². The summed E-state index contributed by atoms with van der Waals surface area (Å²) in [6.45, 7) is 1.97. The molecule has 1 aliphatic rings. The lowest BCUT2D eigenvalue weighted by molar-refractivity contribution is -0.293. The van der Waals surface area contributed by atoms with Gasteiger partial charge < -0.3 is 5.73 Å². The first-order valence-corrected chi connectivity index (χ1v) is 6.46. The van der Waals surface area contributed by atoms with E-state index in [1.165, 1.54) is 0 Å². The van der Waals surface area contributed by atoms with Gasteiger partial charge >= 0.3 is 12.4 Å².